The molecule has 4 rings (SSSR count). The quantitative estimate of drug-likeness (QED) is 0.462. The lowest BCUT2D eigenvalue weighted by Gasteiger charge is -2.39. The largest absolute Gasteiger partial charge is 0.434 e. The second-order valence-corrected chi connectivity index (χ2v) is 10.5. The number of piperidine rings is 2. The van der Waals surface area contributed by atoms with E-state index in [1.54, 1.807) is 0 Å². The molecule has 1 aromatic carbocycles. The Bertz CT molecular complexity index is 907. The van der Waals surface area contributed by atoms with Gasteiger partial charge in [-0.2, -0.15) is 26.3 Å². The highest BCUT2D eigenvalue weighted by Gasteiger charge is 2.60. The van der Waals surface area contributed by atoms with E-state index in [2.05, 4.69) is 39.7 Å². The first kappa shape index (κ1) is 26.9. The smallest absolute Gasteiger partial charge is 0.426 e. The van der Waals surface area contributed by atoms with Crippen LogP contribution < -0.4 is 4.90 Å². The van der Waals surface area contributed by atoms with Crippen LogP contribution in [0.5, 0.6) is 0 Å². The number of hydrogen-bond donors (Lipinski definition) is 0. The Morgan fingerprint density at radius 2 is 1.56 bits per heavy atom. The number of anilines is 1. The summed E-state index contributed by atoms with van der Waals surface area (Å²) in [6.45, 7) is 6.87. The van der Waals surface area contributed by atoms with Crippen molar-refractivity contribution in [3.8, 4) is 0 Å². The zero-order valence-electron chi connectivity index (χ0n) is 20.4. The van der Waals surface area contributed by atoms with Gasteiger partial charge in [-0.15, -0.1) is 0 Å². The standard InChI is InChI=1S/C25H33F6N3O2/c1-18-5-6-19(15-20(18)33-10-3-2-4-11-33)16-32-12-7-23(17-32)8-13-34(14-9-23)22(35)36-21(24(26,27)28)25(29,30)31/h5-6,15,21H,2-4,7-14,16-17H2,1H3. The van der Waals surface area contributed by atoms with Crippen LogP contribution in [0.25, 0.3) is 0 Å². The molecule has 3 saturated heterocycles. The normalized spacial score (nSPS) is 21.4. The summed E-state index contributed by atoms with van der Waals surface area (Å²) in [6.07, 6.45) is -11.5. The van der Waals surface area contributed by atoms with Crippen LogP contribution >= 0.6 is 0 Å². The maximum Gasteiger partial charge on any atom is 0.434 e. The summed E-state index contributed by atoms with van der Waals surface area (Å²) in [5.74, 6) is 0. The van der Waals surface area contributed by atoms with E-state index in [4.69, 9.17) is 0 Å². The first-order valence-corrected chi connectivity index (χ1v) is 12.5. The number of carbonyl (C=O) groups is 1. The Morgan fingerprint density at radius 3 is 2.17 bits per heavy atom. The molecule has 36 heavy (non-hydrogen) atoms. The molecule has 0 N–H and O–H groups in total. The molecule has 0 saturated carbocycles. The average molecular weight is 522 g/mol. The number of nitrogens with zero attached hydrogens (tertiary/aromatic N) is 3. The molecule has 202 valence electrons. The molecule has 0 aromatic heterocycles. The van der Waals surface area contributed by atoms with Crippen molar-refractivity contribution >= 4 is 11.8 Å². The molecule has 0 unspecified atom stereocenters. The number of benzene rings is 1. The molecule has 3 aliphatic rings. The molecule has 3 fully saturated rings. The highest BCUT2D eigenvalue weighted by atomic mass is 19.4. The molecule has 3 heterocycles. The van der Waals surface area contributed by atoms with Gasteiger partial charge in [0.2, 0.25) is 0 Å². The van der Waals surface area contributed by atoms with Crippen LogP contribution in [0.4, 0.5) is 36.8 Å². The second-order valence-electron chi connectivity index (χ2n) is 10.5. The van der Waals surface area contributed by atoms with Gasteiger partial charge in [-0.05, 0) is 74.6 Å². The molecule has 1 aromatic rings. The molecular weight excluding hydrogens is 488 g/mol. The number of likely N-dealkylation sites (tertiary alicyclic amines) is 2. The van der Waals surface area contributed by atoms with E-state index in [1.165, 1.54) is 36.1 Å². The van der Waals surface area contributed by atoms with Crippen LogP contribution in [-0.2, 0) is 11.3 Å². The predicted molar refractivity (Wildman–Crippen MR) is 123 cm³/mol. The SMILES string of the molecule is Cc1ccc(CN2CCC3(CCN(C(=O)OC(C(F)(F)F)C(F)(F)F)CC3)C2)cc1N1CCCCC1. The van der Waals surface area contributed by atoms with Crippen molar-refractivity contribution in [1.82, 2.24) is 9.80 Å². The molecular formula is C25H33F6N3O2. The van der Waals surface area contributed by atoms with Crippen molar-refractivity contribution in [1.29, 1.82) is 0 Å². The highest BCUT2D eigenvalue weighted by molar-refractivity contribution is 5.68. The second kappa shape index (κ2) is 10.3. The van der Waals surface area contributed by atoms with Gasteiger partial charge < -0.3 is 14.5 Å². The molecule has 0 radical (unpaired) electrons. The van der Waals surface area contributed by atoms with Gasteiger partial charge in [0, 0.05) is 45.0 Å². The first-order valence-electron chi connectivity index (χ1n) is 12.5. The molecule has 3 aliphatic heterocycles. The average Bonchev–Trinajstić information content (AvgIpc) is 3.19. The zero-order chi connectivity index (χ0) is 26.1. The Hall–Kier alpha value is -2.17. The van der Waals surface area contributed by atoms with Crippen LogP contribution in [0.15, 0.2) is 18.2 Å². The van der Waals surface area contributed by atoms with Crippen LogP contribution in [-0.4, -0.2) is 73.6 Å². The number of alkyl halides is 6. The van der Waals surface area contributed by atoms with Crippen molar-refractivity contribution in [3.63, 3.8) is 0 Å². The summed E-state index contributed by atoms with van der Waals surface area (Å²) in [6, 6.07) is 6.57. The van der Waals surface area contributed by atoms with E-state index < -0.39 is 24.5 Å². The molecule has 0 atom stereocenters. The summed E-state index contributed by atoms with van der Waals surface area (Å²) in [7, 11) is 0. The lowest BCUT2D eigenvalue weighted by Crippen LogP contribution is -2.50. The fourth-order valence-corrected chi connectivity index (χ4v) is 5.72. The third-order valence-electron chi connectivity index (χ3n) is 7.79. The van der Waals surface area contributed by atoms with Gasteiger partial charge in [-0.3, -0.25) is 4.90 Å². The number of ether oxygens (including phenoxy) is 1. The highest BCUT2D eigenvalue weighted by Crippen LogP contribution is 2.42. The fourth-order valence-electron chi connectivity index (χ4n) is 5.72. The van der Waals surface area contributed by atoms with Gasteiger partial charge in [0.05, 0.1) is 0 Å². The van der Waals surface area contributed by atoms with E-state index in [-0.39, 0.29) is 18.5 Å². The van der Waals surface area contributed by atoms with Gasteiger partial charge >= 0.3 is 18.4 Å². The van der Waals surface area contributed by atoms with Crippen molar-refractivity contribution in [2.75, 3.05) is 44.2 Å². The molecule has 1 spiro atoms. The van der Waals surface area contributed by atoms with E-state index in [0.717, 1.165) is 44.0 Å². The van der Waals surface area contributed by atoms with Crippen LogP contribution in [0.3, 0.4) is 0 Å². The number of rotatable bonds is 4. The lowest BCUT2D eigenvalue weighted by atomic mass is 9.78. The molecule has 0 bridgehead atoms. The summed E-state index contributed by atoms with van der Waals surface area (Å²) in [5, 5.41) is 0. The van der Waals surface area contributed by atoms with Gasteiger partial charge in [0.1, 0.15) is 0 Å². The topological polar surface area (TPSA) is 36.0 Å². The van der Waals surface area contributed by atoms with E-state index >= 15 is 0 Å². The van der Waals surface area contributed by atoms with E-state index in [9.17, 15) is 31.1 Å². The van der Waals surface area contributed by atoms with Crippen LogP contribution in [0.2, 0.25) is 0 Å². The van der Waals surface area contributed by atoms with Crippen molar-refractivity contribution < 1.29 is 35.9 Å². The molecule has 1 amide bonds. The Kier molecular flexibility index (Phi) is 7.69. The van der Waals surface area contributed by atoms with Gasteiger partial charge in [-0.25, -0.2) is 4.79 Å². The minimum Gasteiger partial charge on any atom is -0.426 e. The van der Waals surface area contributed by atoms with Gasteiger partial charge in [-0.1, -0.05) is 12.1 Å². The lowest BCUT2D eigenvalue weighted by molar-refractivity contribution is -0.308. The molecule has 11 heteroatoms. The summed E-state index contributed by atoms with van der Waals surface area (Å²) >= 11 is 0. The molecule has 0 aliphatic carbocycles. The van der Waals surface area contributed by atoms with Crippen molar-refractivity contribution in [2.45, 2.75) is 70.4 Å². The number of amides is 1. The Balaban J connectivity index is 1.31. The third-order valence-corrected chi connectivity index (χ3v) is 7.79. The fraction of sp³-hybridized carbons (Fsp3) is 0.720. The van der Waals surface area contributed by atoms with Gasteiger partial charge in [0.25, 0.3) is 6.10 Å². The number of aryl methyl sites for hydroxylation is 1. The number of halogens is 6. The minimum atomic E-state index is -5.71. The summed E-state index contributed by atoms with van der Waals surface area (Å²) in [5.41, 5.74) is 3.68. The maximum absolute atomic E-state index is 12.7. The van der Waals surface area contributed by atoms with E-state index in [0.29, 0.717) is 12.8 Å². The zero-order valence-corrected chi connectivity index (χ0v) is 20.4. The summed E-state index contributed by atoms with van der Waals surface area (Å²) in [4.78, 5) is 17.8. The third kappa shape index (κ3) is 6.20. The Morgan fingerprint density at radius 1 is 0.944 bits per heavy atom. The predicted octanol–water partition coefficient (Wildman–Crippen LogP) is 5.90. The maximum atomic E-state index is 12.7. The number of carbonyl (C=O) groups excluding carboxylic acids is 1. The van der Waals surface area contributed by atoms with E-state index in [1.807, 2.05) is 0 Å². The summed E-state index contributed by atoms with van der Waals surface area (Å²) < 4.78 is 80.3. The molecule has 5 nitrogen and oxygen atoms in total. The first-order chi connectivity index (χ1) is 16.9. The van der Waals surface area contributed by atoms with Crippen LogP contribution in [0, 0.1) is 12.3 Å². The van der Waals surface area contributed by atoms with Crippen molar-refractivity contribution in [2.24, 2.45) is 5.41 Å². The van der Waals surface area contributed by atoms with Gasteiger partial charge in [0.15, 0.2) is 0 Å². The monoisotopic (exact) mass is 521 g/mol. The Labute approximate surface area is 207 Å². The number of hydrogen-bond acceptors (Lipinski definition) is 4. The van der Waals surface area contributed by atoms with Crippen molar-refractivity contribution in [3.05, 3.63) is 29.3 Å². The minimum absolute atomic E-state index is 0.0821. The van der Waals surface area contributed by atoms with Crippen LogP contribution in [0.1, 0.15) is 49.7 Å².